The van der Waals surface area contributed by atoms with Crippen LogP contribution in [0.2, 0.25) is 0 Å². The molecule has 2 amide bonds. The van der Waals surface area contributed by atoms with Gasteiger partial charge in [0, 0.05) is 17.3 Å². The lowest BCUT2D eigenvalue weighted by atomic mass is 10.1. The van der Waals surface area contributed by atoms with Crippen molar-refractivity contribution in [1.82, 2.24) is 0 Å². The summed E-state index contributed by atoms with van der Waals surface area (Å²) in [5.41, 5.74) is 2.77. The maximum Gasteiger partial charge on any atom is 0.255 e. The molecule has 7 heteroatoms. The second-order valence-electron chi connectivity index (χ2n) is 6.92. The molecule has 4 rings (SSSR count). The van der Waals surface area contributed by atoms with Gasteiger partial charge in [0.05, 0.1) is 11.4 Å². The van der Waals surface area contributed by atoms with Crippen molar-refractivity contribution < 1.29 is 18.4 Å². The fourth-order valence-corrected chi connectivity index (χ4v) is 4.56. The number of hydrogen-bond acceptors (Lipinski definition) is 3. The SMILES string of the molecule is Cc1ccccc1C(=O)Nc1cccc([C@@H]2SCC(=O)N2c2ccc(F)cc2F)c1. The summed E-state index contributed by atoms with van der Waals surface area (Å²) >= 11 is 1.35. The average Bonchev–Trinajstić information content (AvgIpc) is 3.10. The minimum atomic E-state index is -0.792. The maximum absolute atomic E-state index is 14.3. The van der Waals surface area contributed by atoms with E-state index in [1.54, 1.807) is 30.3 Å². The molecule has 3 aromatic carbocycles. The number of hydrogen-bond donors (Lipinski definition) is 1. The lowest BCUT2D eigenvalue weighted by Crippen LogP contribution is -2.28. The predicted octanol–water partition coefficient (Wildman–Crippen LogP) is 5.30. The second kappa shape index (κ2) is 8.28. The van der Waals surface area contributed by atoms with Crippen LogP contribution in [-0.4, -0.2) is 17.6 Å². The molecule has 1 saturated heterocycles. The van der Waals surface area contributed by atoms with Crippen molar-refractivity contribution in [1.29, 1.82) is 0 Å². The largest absolute Gasteiger partial charge is 0.322 e. The van der Waals surface area contributed by atoms with E-state index in [0.29, 0.717) is 11.3 Å². The van der Waals surface area contributed by atoms with E-state index in [2.05, 4.69) is 5.32 Å². The van der Waals surface area contributed by atoms with Gasteiger partial charge in [-0.25, -0.2) is 8.78 Å². The number of thioether (sulfide) groups is 1. The normalized spacial score (nSPS) is 16.0. The summed E-state index contributed by atoms with van der Waals surface area (Å²) in [7, 11) is 0. The van der Waals surface area contributed by atoms with E-state index in [-0.39, 0.29) is 23.3 Å². The number of rotatable bonds is 4. The molecule has 0 unspecified atom stereocenters. The van der Waals surface area contributed by atoms with Crippen LogP contribution in [0.1, 0.15) is 26.9 Å². The lowest BCUT2D eigenvalue weighted by Gasteiger charge is -2.25. The van der Waals surface area contributed by atoms with Crippen molar-refractivity contribution in [2.75, 3.05) is 16.0 Å². The van der Waals surface area contributed by atoms with Gasteiger partial charge < -0.3 is 5.32 Å². The lowest BCUT2D eigenvalue weighted by molar-refractivity contribution is -0.115. The molecule has 1 N–H and O–H groups in total. The van der Waals surface area contributed by atoms with Crippen LogP contribution in [0, 0.1) is 18.6 Å². The Morgan fingerprint density at radius 1 is 1.07 bits per heavy atom. The number of benzene rings is 3. The maximum atomic E-state index is 14.3. The van der Waals surface area contributed by atoms with Gasteiger partial charge in [-0.1, -0.05) is 30.3 Å². The monoisotopic (exact) mass is 424 g/mol. The summed E-state index contributed by atoms with van der Waals surface area (Å²) in [6.45, 7) is 1.86. The Hall–Kier alpha value is -3.19. The molecule has 1 heterocycles. The quantitative estimate of drug-likeness (QED) is 0.618. The first kappa shape index (κ1) is 20.1. The third kappa shape index (κ3) is 3.93. The van der Waals surface area contributed by atoms with Crippen molar-refractivity contribution in [2.24, 2.45) is 0 Å². The Morgan fingerprint density at radius 3 is 2.63 bits per heavy atom. The fourth-order valence-electron chi connectivity index (χ4n) is 3.40. The molecule has 0 bridgehead atoms. The van der Waals surface area contributed by atoms with E-state index in [0.717, 1.165) is 23.3 Å². The van der Waals surface area contributed by atoms with E-state index in [1.165, 1.54) is 22.7 Å². The zero-order valence-electron chi connectivity index (χ0n) is 16.1. The van der Waals surface area contributed by atoms with Crippen molar-refractivity contribution in [3.8, 4) is 0 Å². The summed E-state index contributed by atoms with van der Waals surface area (Å²) in [4.78, 5) is 26.4. The molecule has 30 heavy (non-hydrogen) atoms. The molecule has 0 spiro atoms. The number of carbonyl (C=O) groups excluding carboxylic acids is 2. The Kier molecular flexibility index (Phi) is 5.55. The highest BCUT2D eigenvalue weighted by molar-refractivity contribution is 8.00. The smallest absolute Gasteiger partial charge is 0.255 e. The highest BCUT2D eigenvalue weighted by Gasteiger charge is 2.35. The molecule has 152 valence electrons. The molecule has 1 aliphatic rings. The highest BCUT2D eigenvalue weighted by atomic mass is 32.2. The summed E-state index contributed by atoms with van der Waals surface area (Å²) in [5, 5.41) is 2.39. The van der Waals surface area contributed by atoms with Crippen LogP contribution >= 0.6 is 11.8 Å². The number of nitrogens with one attached hydrogen (secondary N) is 1. The molecule has 0 aliphatic carbocycles. The van der Waals surface area contributed by atoms with Crippen molar-refractivity contribution >= 4 is 35.0 Å². The summed E-state index contributed by atoms with van der Waals surface area (Å²) in [6, 6.07) is 17.5. The van der Waals surface area contributed by atoms with Crippen LogP contribution in [-0.2, 0) is 4.79 Å². The van der Waals surface area contributed by atoms with Gasteiger partial charge >= 0.3 is 0 Å². The van der Waals surface area contributed by atoms with Crippen molar-refractivity contribution in [3.63, 3.8) is 0 Å². The zero-order chi connectivity index (χ0) is 21.3. The first-order valence-corrected chi connectivity index (χ1v) is 10.3. The van der Waals surface area contributed by atoms with Crippen LogP contribution in [0.15, 0.2) is 66.7 Å². The van der Waals surface area contributed by atoms with Crippen LogP contribution in [0.4, 0.5) is 20.2 Å². The van der Waals surface area contributed by atoms with E-state index in [9.17, 15) is 18.4 Å². The summed E-state index contributed by atoms with van der Waals surface area (Å²) < 4.78 is 27.6. The Balaban J connectivity index is 1.62. The van der Waals surface area contributed by atoms with Gasteiger partial charge in [-0.05, 0) is 48.4 Å². The first-order valence-electron chi connectivity index (χ1n) is 9.29. The molecule has 0 radical (unpaired) electrons. The number of nitrogens with zero attached hydrogens (tertiary/aromatic N) is 1. The number of carbonyl (C=O) groups is 2. The number of amides is 2. The number of halogens is 2. The minimum absolute atomic E-state index is 0.0331. The van der Waals surface area contributed by atoms with Crippen LogP contribution in [0.25, 0.3) is 0 Å². The predicted molar refractivity (Wildman–Crippen MR) is 115 cm³/mol. The molecule has 0 saturated carbocycles. The average molecular weight is 424 g/mol. The Morgan fingerprint density at radius 2 is 1.87 bits per heavy atom. The molecular formula is C23H18F2N2O2S. The number of aryl methyl sites for hydroxylation is 1. The van der Waals surface area contributed by atoms with E-state index < -0.39 is 17.0 Å². The number of anilines is 2. The highest BCUT2D eigenvalue weighted by Crippen LogP contribution is 2.43. The van der Waals surface area contributed by atoms with Gasteiger partial charge in [0.25, 0.3) is 5.91 Å². The van der Waals surface area contributed by atoms with Crippen LogP contribution < -0.4 is 10.2 Å². The standard InChI is InChI=1S/C23H18F2N2O2S/c1-14-5-2-3-8-18(14)22(29)26-17-7-4-6-15(11-17)23-27(21(28)13-30-23)20-10-9-16(24)12-19(20)25/h2-12,23H,13H2,1H3,(H,26,29)/t23-/m0/s1. The Labute approximate surface area is 176 Å². The first-order chi connectivity index (χ1) is 14.4. The third-order valence-corrected chi connectivity index (χ3v) is 6.07. The fraction of sp³-hybridized carbons (Fsp3) is 0.130. The Bertz CT molecular complexity index is 1140. The van der Waals surface area contributed by atoms with Gasteiger partial charge in [-0.15, -0.1) is 11.8 Å². The van der Waals surface area contributed by atoms with Gasteiger partial charge in [-0.3, -0.25) is 14.5 Å². The van der Waals surface area contributed by atoms with Gasteiger partial charge in [0.15, 0.2) is 0 Å². The molecule has 3 aromatic rings. The molecule has 1 atom stereocenters. The van der Waals surface area contributed by atoms with E-state index in [4.69, 9.17) is 0 Å². The molecule has 0 aromatic heterocycles. The molecule has 1 aliphatic heterocycles. The van der Waals surface area contributed by atoms with Crippen molar-refractivity contribution in [2.45, 2.75) is 12.3 Å². The summed E-state index contributed by atoms with van der Waals surface area (Å²) in [5.74, 6) is -1.80. The van der Waals surface area contributed by atoms with Crippen molar-refractivity contribution in [3.05, 3.63) is 95.1 Å². The second-order valence-corrected chi connectivity index (χ2v) is 7.99. The zero-order valence-corrected chi connectivity index (χ0v) is 16.9. The van der Waals surface area contributed by atoms with Gasteiger partial charge in [0.2, 0.25) is 5.91 Å². The van der Waals surface area contributed by atoms with Gasteiger partial charge in [0.1, 0.15) is 17.0 Å². The van der Waals surface area contributed by atoms with Gasteiger partial charge in [-0.2, -0.15) is 0 Å². The summed E-state index contributed by atoms with van der Waals surface area (Å²) in [6.07, 6.45) is 0. The van der Waals surface area contributed by atoms with Crippen LogP contribution in [0.5, 0.6) is 0 Å². The minimum Gasteiger partial charge on any atom is -0.322 e. The molecular weight excluding hydrogens is 406 g/mol. The van der Waals surface area contributed by atoms with E-state index >= 15 is 0 Å². The third-order valence-electron chi connectivity index (χ3n) is 4.86. The van der Waals surface area contributed by atoms with E-state index in [1.807, 2.05) is 25.1 Å². The van der Waals surface area contributed by atoms with Crippen LogP contribution in [0.3, 0.4) is 0 Å². The molecule has 1 fully saturated rings. The molecule has 4 nitrogen and oxygen atoms in total. The topological polar surface area (TPSA) is 49.4 Å².